The molecule has 2 heterocycles. The first-order valence-corrected chi connectivity index (χ1v) is 11.7. The second kappa shape index (κ2) is 9.25. The molecule has 2 amide bonds. The lowest BCUT2D eigenvalue weighted by Crippen LogP contribution is -2.48. The molecule has 1 aliphatic heterocycles. The molecule has 2 aromatic carbocycles. The fourth-order valence-corrected chi connectivity index (χ4v) is 5.28. The highest BCUT2D eigenvalue weighted by Crippen LogP contribution is 2.44. The minimum absolute atomic E-state index is 0.0124. The zero-order valence-corrected chi connectivity index (χ0v) is 19.1. The number of rotatable bonds is 6. The molecule has 0 saturated carbocycles. The summed E-state index contributed by atoms with van der Waals surface area (Å²) < 4.78 is 0. The van der Waals surface area contributed by atoms with E-state index in [1.54, 1.807) is 11.3 Å². The van der Waals surface area contributed by atoms with Crippen LogP contribution in [0.4, 0.5) is 0 Å². The Bertz CT molecular complexity index is 1080. The molecule has 0 saturated heterocycles. The zero-order valence-electron chi connectivity index (χ0n) is 17.5. The second-order valence-electron chi connectivity index (χ2n) is 8.22. The van der Waals surface area contributed by atoms with E-state index in [2.05, 4.69) is 19.2 Å². The first-order chi connectivity index (χ1) is 15.0. The summed E-state index contributed by atoms with van der Waals surface area (Å²) in [7, 11) is 0. The molecule has 0 fully saturated rings. The van der Waals surface area contributed by atoms with E-state index >= 15 is 0 Å². The highest BCUT2D eigenvalue weighted by molar-refractivity contribution is 7.10. The van der Waals surface area contributed by atoms with Crippen LogP contribution < -0.4 is 5.32 Å². The van der Waals surface area contributed by atoms with Crippen molar-refractivity contribution in [2.24, 2.45) is 5.92 Å². The van der Waals surface area contributed by atoms with Gasteiger partial charge in [0, 0.05) is 28.6 Å². The monoisotopic (exact) mass is 452 g/mol. The summed E-state index contributed by atoms with van der Waals surface area (Å²) in [5, 5.41) is 5.72. The van der Waals surface area contributed by atoms with Gasteiger partial charge in [-0.1, -0.05) is 61.8 Å². The number of fused-ring (bicyclic) bond motifs is 1. The summed E-state index contributed by atoms with van der Waals surface area (Å²) in [6.07, 6.45) is 0. The predicted molar refractivity (Wildman–Crippen MR) is 125 cm³/mol. The van der Waals surface area contributed by atoms with Crippen LogP contribution in [0, 0.1) is 5.92 Å². The predicted octanol–water partition coefficient (Wildman–Crippen LogP) is 5.65. The van der Waals surface area contributed by atoms with Crippen LogP contribution in [0.5, 0.6) is 0 Å². The van der Waals surface area contributed by atoms with Crippen LogP contribution >= 0.6 is 22.9 Å². The van der Waals surface area contributed by atoms with E-state index in [1.165, 1.54) is 0 Å². The molecule has 1 aliphatic rings. The van der Waals surface area contributed by atoms with Gasteiger partial charge in [-0.2, -0.15) is 0 Å². The summed E-state index contributed by atoms with van der Waals surface area (Å²) in [5.41, 5.74) is 2.33. The maximum Gasteiger partial charge on any atom is 0.254 e. The molecule has 0 bridgehead atoms. The van der Waals surface area contributed by atoms with E-state index in [-0.39, 0.29) is 23.8 Å². The molecule has 1 aromatic heterocycles. The van der Waals surface area contributed by atoms with Crippen molar-refractivity contribution in [2.45, 2.75) is 32.4 Å². The minimum atomic E-state index is -0.481. The Balaban J connectivity index is 1.73. The fraction of sp³-hybridized carbons (Fsp3) is 0.280. The van der Waals surface area contributed by atoms with Crippen LogP contribution in [0.25, 0.3) is 0 Å². The van der Waals surface area contributed by atoms with Crippen LogP contribution in [0.2, 0.25) is 5.02 Å². The summed E-state index contributed by atoms with van der Waals surface area (Å²) in [6, 6.07) is 18.6. The fourth-order valence-electron chi connectivity index (χ4n) is 4.19. The van der Waals surface area contributed by atoms with Gasteiger partial charge >= 0.3 is 0 Å². The Labute approximate surface area is 191 Å². The highest BCUT2D eigenvalue weighted by Gasteiger charge is 2.44. The number of hydrogen-bond acceptors (Lipinski definition) is 3. The molecule has 160 valence electrons. The molecule has 0 aliphatic carbocycles. The standard InChI is InChI=1S/C25H25ClN2O2S/c1-16(2)15-28-23(21-11-6-12-31-21)22(19-9-3-4-10-20(19)25(28)30)24(29)27-14-17-7-5-8-18(26)13-17/h3-13,16,22-23H,14-15H2,1-2H3,(H,27,29)/t22-,23-/m0/s1. The van der Waals surface area contributed by atoms with Gasteiger partial charge in [0.2, 0.25) is 5.91 Å². The third-order valence-corrected chi connectivity index (χ3v) is 6.65. The molecule has 0 radical (unpaired) electrons. The summed E-state index contributed by atoms with van der Waals surface area (Å²) >= 11 is 7.68. The van der Waals surface area contributed by atoms with E-state index < -0.39 is 5.92 Å². The van der Waals surface area contributed by atoms with E-state index in [0.717, 1.165) is 16.0 Å². The number of carbonyl (C=O) groups excluding carboxylic acids is 2. The number of nitrogens with zero attached hydrogens (tertiary/aromatic N) is 1. The van der Waals surface area contributed by atoms with Gasteiger partial charge in [-0.05, 0) is 46.7 Å². The summed E-state index contributed by atoms with van der Waals surface area (Å²) in [6.45, 7) is 5.15. The molecule has 2 atom stereocenters. The third kappa shape index (κ3) is 4.53. The van der Waals surface area contributed by atoms with E-state index in [9.17, 15) is 9.59 Å². The lowest BCUT2D eigenvalue weighted by molar-refractivity contribution is -0.124. The molecule has 1 N–H and O–H groups in total. The van der Waals surface area contributed by atoms with Crippen molar-refractivity contribution in [3.63, 3.8) is 0 Å². The first kappa shape index (κ1) is 21.6. The van der Waals surface area contributed by atoms with Crippen molar-refractivity contribution < 1.29 is 9.59 Å². The normalized spacial score (nSPS) is 18.2. The Morgan fingerprint density at radius 3 is 2.65 bits per heavy atom. The van der Waals surface area contributed by atoms with Crippen molar-refractivity contribution in [1.82, 2.24) is 10.2 Å². The second-order valence-corrected chi connectivity index (χ2v) is 9.64. The van der Waals surface area contributed by atoms with Crippen molar-refractivity contribution in [2.75, 3.05) is 6.54 Å². The molecule has 31 heavy (non-hydrogen) atoms. The van der Waals surface area contributed by atoms with Crippen molar-refractivity contribution in [3.05, 3.63) is 92.6 Å². The quantitative estimate of drug-likeness (QED) is 0.525. The van der Waals surface area contributed by atoms with E-state index in [4.69, 9.17) is 11.6 Å². The van der Waals surface area contributed by atoms with Gasteiger partial charge in [0.25, 0.3) is 5.91 Å². The summed E-state index contributed by atoms with van der Waals surface area (Å²) in [4.78, 5) is 29.9. The maximum absolute atomic E-state index is 13.6. The number of hydrogen-bond donors (Lipinski definition) is 1. The van der Waals surface area contributed by atoms with Crippen LogP contribution in [-0.2, 0) is 11.3 Å². The molecular formula is C25H25ClN2O2S. The highest BCUT2D eigenvalue weighted by atomic mass is 35.5. The van der Waals surface area contributed by atoms with E-state index in [1.807, 2.05) is 70.9 Å². The number of nitrogens with one attached hydrogen (secondary N) is 1. The average Bonchev–Trinajstić information content (AvgIpc) is 3.28. The van der Waals surface area contributed by atoms with Crippen LogP contribution in [0.3, 0.4) is 0 Å². The molecule has 6 heteroatoms. The molecule has 4 nitrogen and oxygen atoms in total. The molecule has 3 aromatic rings. The lowest BCUT2D eigenvalue weighted by atomic mass is 9.81. The number of halogens is 1. The Morgan fingerprint density at radius 2 is 1.94 bits per heavy atom. The number of carbonyl (C=O) groups is 2. The Kier molecular flexibility index (Phi) is 6.44. The number of amides is 2. The smallest absolute Gasteiger partial charge is 0.254 e. The number of benzene rings is 2. The van der Waals surface area contributed by atoms with Gasteiger partial charge in [-0.15, -0.1) is 11.3 Å². The van der Waals surface area contributed by atoms with Gasteiger partial charge in [-0.3, -0.25) is 9.59 Å². The van der Waals surface area contributed by atoms with Crippen molar-refractivity contribution >= 4 is 34.8 Å². The summed E-state index contributed by atoms with van der Waals surface area (Å²) in [5.74, 6) is -0.300. The molecular weight excluding hydrogens is 428 g/mol. The maximum atomic E-state index is 13.6. The van der Waals surface area contributed by atoms with Gasteiger partial charge in [0.1, 0.15) is 0 Å². The minimum Gasteiger partial charge on any atom is -0.351 e. The molecule has 4 rings (SSSR count). The average molecular weight is 453 g/mol. The Morgan fingerprint density at radius 1 is 1.13 bits per heavy atom. The van der Waals surface area contributed by atoms with Gasteiger partial charge in [-0.25, -0.2) is 0 Å². The Hall–Kier alpha value is -2.63. The first-order valence-electron chi connectivity index (χ1n) is 10.4. The van der Waals surface area contributed by atoms with E-state index in [0.29, 0.717) is 23.7 Å². The SMILES string of the molecule is CC(C)CN1C(=O)c2ccccc2[C@H](C(=O)NCc2cccc(Cl)c2)[C@@H]1c1cccs1. The lowest BCUT2D eigenvalue weighted by Gasteiger charge is -2.42. The van der Waals surface area contributed by atoms with Gasteiger partial charge < -0.3 is 10.2 Å². The van der Waals surface area contributed by atoms with Crippen molar-refractivity contribution in [3.8, 4) is 0 Å². The van der Waals surface area contributed by atoms with Crippen LogP contribution in [-0.4, -0.2) is 23.3 Å². The third-order valence-electron chi connectivity index (χ3n) is 5.47. The van der Waals surface area contributed by atoms with Crippen molar-refractivity contribution in [1.29, 1.82) is 0 Å². The van der Waals surface area contributed by atoms with Gasteiger partial charge in [0.05, 0.1) is 12.0 Å². The van der Waals surface area contributed by atoms with Crippen LogP contribution in [0.15, 0.2) is 66.0 Å². The van der Waals surface area contributed by atoms with Crippen LogP contribution in [0.1, 0.15) is 52.2 Å². The molecule has 0 spiro atoms. The zero-order chi connectivity index (χ0) is 22.0. The molecule has 0 unspecified atom stereocenters. The van der Waals surface area contributed by atoms with Gasteiger partial charge in [0.15, 0.2) is 0 Å². The largest absolute Gasteiger partial charge is 0.351 e. The topological polar surface area (TPSA) is 49.4 Å². The number of thiophene rings is 1.